The Kier molecular flexibility index (Phi) is 3.22. The Bertz CT molecular complexity index is 410. The van der Waals surface area contributed by atoms with Gasteiger partial charge in [0.05, 0.1) is 0 Å². The summed E-state index contributed by atoms with van der Waals surface area (Å²) in [4.78, 5) is 8.91. The Hall–Kier alpha value is -1.32. The molecule has 0 atom stereocenters. The molecule has 4 heteroatoms. The van der Waals surface area contributed by atoms with Crippen LogP contribution in [0.15, 0.2) is 0 Å². The summed E-state index contributed by atoms with van der Waals surface area (Å²) in [5.74, 6) is 2.37. The van der Waals surface area contributed by atoms with Crippen LogP contribution in [0.1, 0.15) is 50.9 Å². The van der Waals surface area contributed by atoms with E-state index >= 15 is 0 Å². The predicted octanol–water partition coefficient (Wildman–Crippen LogP) is 2.67. The Balaban J connectivity index is 2.24. The van der Waals surface area contributed by atoms with Crippen LogP contribution in [0.2, 0.25) is 0 Å². The van der Waals surface area contributed by atoms with Crippen LogP contribution in [0.25, 0.3) is 0 Å². The van der Waals surface area contributed by atoms with Crippen LogP contribution >= 0.6 is 0 Å². The number of nitrogens with one attached hydrogen (secondary N) is 1. The molecule has 1 saturated carbocycles. The number of rotatable bonds is 4. The first-order valence-electron chi connectivity index (χ1n) is 6.45. The average Bonchev–Trinajstić information content (AvgIpc) is 2.23. The maximum Gasteiger partial charge on any atom is 0.135 e. The highest BCUT2D eigenvalue weighted by Gasteiger charge is 2.32. The third-order valence-corrected chi connectivity index (χ3v) is 3.58. The van der Waals surface area contributed by atoms with Gasteiger partial charge in [-0.05, 0) is 39.5 Å². The van der Waals surface area contributed by atoms with Gasteiger partial charge in [0.25, 0.3) is 0 Å². The summed E-state index contributed by atoms with van der Waals surface area (Å²) >= 11 is 0. The molecule has 0 saturated heterocycles. The summed E-state index contributed by atoms with van der Waals surface area (Å²) < 4.78 is 0. The van der Waals surface area contributed by atoms with E-state index in [1.54, 1.807) is 0 Å². The fourth-order valence-corrected chi connectivity index (χ4v) is 2.16. The SMILES string of the molecule is CCCc1nc(N)c(C)c(NC2(C)CCC2)n1. The van der Waals surface area contributed by atoms with Crippen molar-refractivity contribution < 1.29 is 0 Å². The molecule has 1 heterocycles. The van der Waals surface area contributed by atoms with E-state index in [9.17, 15) is 0 Å². The zero-order chi connectivity index (χ0) is 12.5. The van der Waals surface area contributed by atoms with Crippen molar-refractivity contribution in [2.24, 2.45) is 0 Å². The lowest BCUT2D eigenvalue weighted by molar-refractivity contribution is 0.305. The number of nitrogen functional groups attached to an aromatic ring is 1. The van der Waals surface area contributed by atoms with Gasteiger partial charge in [-0.25, -0.2) is 9.97 Å². The molecule has 0 bridgehead atoms. The Morgan fingerprint density at radius 3 is 2.59 bits per heavy atom. The molecule has 94 valence electrons. The lowest BCUT2D eigenvalue weighted by atomic mass is 9.78. The summed E-state index contributed by atoms with van der Waals surface area (Å²) in [6, 6.07) is 0. The maximum absolute atomic E-state index is 5.94. The average molecular weight is 234 g/mol. The molecule has 4 nitrogen and oxygen atoms in total. The topological polar surface area (TPSA) is 63.8 Å². The molecule has 0 spiro atoms. The minimum absolute atomic E-state index is 0.203. The maximum atomic E-state index is 5.94. The zero-order valence-corrected chi connectivity index (χ0v) is 11.0. The van der Waals surface area contributed by atoms with E-state index < -0.39 is 0 Å². The van der Waals surface area contributed by atoms with Crippen molar-refractivity contribution >= 4 is 11.6 Å². The van der Waals surface area contributed by atoms with Gasteiger partial charge >= 0.3 is 0 Å². The van der Waals surface area contributed by atoms with Crippen molar-refractivity contribution in [1.82, 2.24) is 9.97 Å². The molecule has 17 heavy (non-hydrogen) atoms. The first kappa shape index (κ1) is 12.1. The van der Waals surface area contributed by atoms with E-state index in [-0.39, 0.29) is 5.54 Å². The summed E-state index contributed by atoms with van der Waals surface area (Å²) in [5.41, 5.74) is 7.11. The van der Waals surface area contributed by atoms with Gasteiger partial charge in [0, 0.05) is 17.5 Å². The number of hydrogen-bond acceptors (Lipinski definition) is 4. The molecule has 1 fully saturated rings. The van der Waals surface area contributed by atoms with Gasteiger partial charge in [0.2, 0.25) is 0 Å². The standard InChI is InChI=1S/C13H22N4/c1-4-6-10-15-11(14)9(2)12(16-10)17-13(3)7-5-8-13/h4-8H2,1-3H3,(H3,14,15,16,17). The number of nitrogens with two attached hydrogens (primary N) is 1. The smallest absolute Gasteiger partial charge is 0.135 e. The molecule has 2 rings (SSSR count). The van der Waals surface area contributed by atoms with Gasteiger partial charge in [-0.2, -0.15) is 0 Å². The van der Waals surface area contributed by atoms with Crippen molar-refractivity contribution in [3.8, 4) is 0 Å². The fourth-order valence-electron chi connectivity index (χ4n) is 2.16. The zero-order valence-electron chi connectivity index (χ0n) is 11.0. The summed E-state index contributed by atoms with van der Waals surface area (Å²) in [6.07, 6.45) is 5.64. The molecule has 1 aromatic rings. The van der Waals surface area contributed by atoms with Crippen LogP contribution in [-0.4, -0.2) is 15.5 Å². The largest absolute Gasteiger partial charge is 0.383 e. The van der Waals surface area contributed by atoms with Gasteiger partial charge in [0.15, 0.2) is 0 Å². The van der Waals surface area contributed by atoms with Gasteiger partial charge < -0.3 is 11.1 Å². The van der Waals surface area contributed by atoms with Gasteiger partial charge in [-0.3, -0.25) is 0 Å². The van der Waals surface area contributed by atoms with Crippen LogP contribution in [0.3, 0.4) is 0 Å². The summed E-state index contributed by atoms with van der Waals surface area (Å²) in [6.45, 7) is 6.35. The van der Waals surface area contributed by atoms with Crippen LogP contribution in [0.4, 0.5) is 11.6 Å². The molecular formula is C13H22N4. The van der Waals surface area contributed by atoms with Crippen LogP contribution < -0.4 is 11.1 Å². The van der Waals surface area contributed by atoms with Crippen LogP contribution in [-0.2, 0) is 6.42 Å². The third-order valence-electron chi connectivity index (χ3n) is 3.58. The second-order valence-corrected chi connectivity index (χ2v) is 5.29. The van der Waals surface area contributed by atoms with E-state index in [0.29, 0.717) is 5.82 Å². The Labute approximate surface area is 103 Å². The number of anilines is 2. The van der Waals surface area contributed by atoms with E-state index in [0.717, 1.165) is 30.0 Å². The summed E-state index contributed by atoms with van der Waals surface area (Å²) in [5, 5.41) is 3.53. The van der Waals surface area contributed by atoms with E-state index in [1.165, 1.54) is 19.3 Å². The first-order valence-corrected chi connectivity index (χ1v) is 6.45. The van der Waals surface area contributed by atoms with Crippen molar-refractivity contribution in [3.63, 3.8) is 0 Å². The quantitative estimate of drug-likeness (QED) is 0.840. The van der Waals surface area contributed by atoms with E-state index in [2.05, 4.69) is 29.1 Å². The van der Waals surface area contributed by atoms with E-state index in [4.69, 9.17) is 5.73 Å². The van der Waals surface area contributed by atoms with E-state index in [1.807, 2.05) is 6.92 Å². The van der Waals surface area contributed by atoms with Crippen LogP contribution in [0, 0.1) is 6.92 Å². The van der Waals surface area contributed by atoms with Crippen LogP contribution in [0.5, 0.6) is 0 Å². The number of nitrogens with zero attached hydrogens (tertiary/aromatic N) is 2. The molecule has 1 aromatic heterocycles. The second-order valence-electron chi connectivity index (χ2n) is 5.29. The Morgan fingerprint density at radius 2 is 2.06 bits per heavy atom. The molecule has 0 amide bonds. The summed E-state index contributed by atoms with van der Waals surface area (Å²) in [7, 11) is 0. The van der Waals surface area contributed by atoms with Crippen molar-refractivity contribution in [3.05, 3.63) is 11.4 Å². The molecule has 0 unspecified atom stereocenters. The van der Waals surface area contributed by atoms with Gasteiger partial charge in [0.1, 0.15) is 17.5 Å². The highest BCUT2D eigenvalue weighted by molar-refractivity contribution is 5.56. The second kappa shape index (κ2) is 4.51. The highest BCUT2D eigenvalue weighted by atomic mass is 15.1. The lowest BCUT2D eigenvalue weighted by Crippen LogP contribution is -2.42. The third kappa shape index (κ3) is 2.51. The van der Waals surface area contributed by atoms with Crippen molar-refractivity contribution in [2.75, 3.05) is 11.1 Å². The molecule has 0 aliphatic heterocycles. The fraction of sp³-hybridized carbons (Fsp3) is 0.692. The number of aromatic nitrogens is 2. The van der Waals surface area contributed by atoms with Crippen molar-refractivity contribution in [2.45, 2.75) is 58.4 Å². The van der Waals surface area contributed by atoms with Gasteiger partial charge in [-0.15, -0.1) is 0 Å². The first-order chi connectivity index (χ1) is 8.04. The minimum Gasteiger partial charge on any atom is -0.383 e. The molecule has 0 aromatic carbocycles. The predicted molar refractivity (Wildman–Crippen MR) is 71.1 cm³/mol. The number of aryl methyl sites for hydroxylation is 1. The molecule has 1 aliphatic rings. The monoisotopic (exact) mass is 234 g/mol. The number of hydrogen-bond donors (Lipinski definition) is 2. The highest BCUT2D eigenvalue weighted by Crippen LogP contribution is 2.35. The normalized spacial score (nSPS) is 17.6. The molecular weight excluding hydrogens is 212 g/mol. The Morgan fingerprint density at radius 1 is 1.35 bits per heavy atom. The minimum atomic E-state index is 0.203. The molecule has 0 radical (unpaired) electrons. The van der Waals surface area contributed by atoms with Crippen molar-refractivity contribution in [1.29, 1.82) is 0 Å². The molecule has 3 N–H and O–H groups in total. The molecule has 1 aliphatic carbocycles. The lowest BCUT2D eigenvalue weighted by Gasteiger charge is -2.40. The van der Waals surface area contributed by atoms with Gasteiger partial charge in [-0.1, -0.05) is 6.92 Å².